The monoisotopic (exact) mass is 733 g/mol. The number of carboxylic acids is 1. The number of fused-ring (bicyclic) bond motifs is 2. The first kappa shape index (κ1) is 36.3. The van der Waals surface area contributed by atoms with Gasteiger partial charge in [0.15, 0.2) is 0 Å². The summed E-state index contributed by atoms with van der Waals surface area (Å²) in [5.41, 5.74) is -4.31. The van der Waals surface area contributed by atoms with E-state index in [1.807, 2.05) is 5.32 Å². The maximum Gasteiger partial charge on any atom is 0.417 e. The zero-order valence-electron chi connectivity index (χ0n) is 26.9. The summed E-state index contributed by atoms with van der Waals surface area (Å²) in [6.45, 7) is -1.80. The highest BCUT2D eigenvalue weighted by atomic mass is 19.4. The molecule has 1 fully saturated rings. The van der Waals surface area contributed by atoms with Gasteiger partial charge in [-0.25, -0.2) is 13.6 Å². The molecule has 0 aliphatic carbocycles. The van der Waals surface area contributed by atoms with Gasteiger partial charge in [0.25, 0.3) is 11.5 Å². The Hall–Kier alpha value is -5.51. The summed E-state index contributed by atoms with van der Waals surface area (Å²) in [5, 5.41) is 12.2. The van der Waals surface area contributed by atoms with Gasteiger partial charge in [-0.05, 0) is 40.1 Å². The van der Waals surface area contributed by atoms with Gasteiger partial charge in [-0.15, -0.1) is 0 Å². The molecule has 0 saturated carbocycles. The molecule has 0 radical (unpaired) electrons. The number of benzene rings is 4. The van der Waals surface area contributed by atoms with Gasteiger partial charge in [0.05, 0.1) is 35.9 Å². The van der Waals surface area contributed by atoms with Crippen molar-refractivity contribution in [1.29, 1.82) is 0 Å². The minimum Gasteiger partial charge on any atom is -0.480 e. The summed E-state index contributed by atoms with van der Waals surface area (Å²) in [7, 11) is 1.34. The van der Waals surface area contributed by atoms with E-state index in [9.17, 15) is 45.8 Å². The molecule has 1 aliphatic rings. The molecular weight excluding hydrogens is 706 g/mol. The van der Waals surface area contributed by atoms with Crippen molar-refractivity contribution in [2.24, 2.45) is 7.05 Å². The molecule has 2 heterocycles. The topological polar surface area (TPSA) is 101 Å². The van der Waals surface area contributed by atoms with Gasteiger partial charge < -0.3 is 24.6 Å². The lowest BCUT2D eigenvalue weighted by Crippen LogP contribution is -2.52. The van der Waals surface area contributed by atoms with Crippen LogP contribution in [0.25, 0.3) is 32.8 Å². The van der Waals surface area contributed by atoms with Crippen LogP contribution in [0.4, 0.5) is 40.8 Å². The van der Waals surface area contributed by atoms with Crippen molar-refractivity contribution in [2.75, 3.05) is 24.7 Å². The van der Waals surface area contributed by atoms with E-state index < -0.39 is 88.8 Å². The van der Waals surface area contributed by atoms with Crippen LogP contribution < -0.4 is 15.8 Å². The second kappa shape index (κ2) is 13.6. The Balaban J connectivity index is 1.36. The van der Waals surface area contributed by atoms with Gasteiger partial charge in [0, 0.05) is 24.5 Å². The number of ether oxygens (including phenoxy) is 1. The fourth-order valence-electron chi connectivity index (χ4n) is 6.43. The van der Waals surface area contributed by atoms with E-state index in [0.717, 1.165) is 4.57 Å². The molecule has 0 unspecified atom stereocenters. The van der Waals surface area contributed by atoms with Crippen LogP contribution in [0.5, 0.6) is 0 Å². The third-order valence-corrected chi connectivity index (χ3v) is 8.89. The normalized spacial score (nSPS) is 14.3. The van der Waals surface area contributed by atoms with Crippen LogP contribution in [-0.2, 0) is 29.2 Å². The molecule has 0 spiro atoms. The summed E-state index contributed by atoms with van der Waals surface area (Å²) < 4.78 is 120. The predicted octanol–water partition coefficient (Wildman–Crippen LogP) is 6.85. The summed E-state index contributed by atoms with van der Waals surface area (Å²) >= 11 is 0. The summed E-state index contributed by atoms with van der Waals surface area (Å²) in [4.78, 5) is 39.7. The van der Waals surface area contributed by atoms with Crippen LogP contribution in [0.3, 0.4) is 0 Å². The number of nitrogens with zero attached hydrogens (tertiary/aromatic N) is 2. The zero-order valence-corrected chi connectivity index (χ0v) is 26.9. The Bertz CT molecular complexity index is 2260. The molecule has 1 atom stereocenters. The van der Waals surface area contributed by atoms with Crippen molar-refractivity contribution in [3.05, 3.63) is 111 Å². The number of alkyl halides is 6. The maximum atomic E-state index is 15.2. The van der Waals surface area contributed by atoms with Crippen molar-refractivity contribution in [1.82, 2.24) is 9.88 Å². The SMILES string of the molecule is Cn1c(=O)c(-c2cccc3c(C[C@H](NC(=O)c4c(F)cc(N(CC(F)(F)F)C5COC5)cc4F)C(=O)O)cccc23)c(C(F)(F)F)c2ccccc21. The lowest BCUT2D eigenvalue weighted by Gasteiger charge is -2.39. The van der Waals surface area contributed by atoms with Crippen molar-refractivity contribution in [3.63, 3.8) is 0 Å². The molecule has 52 heavy (non-hydrogen) atoms. The molecule has 272 valence electrons. The predicted molar refractivity (Wildman–Crippen MR) is 174 cm³/mol. The number of nitrogens with one attached hydrogen (secondary N) is 1. The van der Waals surface area contributed by atoms with Crippen LogP contribution >= 0.6 is 0 Å². The van der Waals surface area contributed by atoms with Crippen LogP contribution in [0.2, 0.25) is 0 Å². The quantitative estimate of drug-likeness (QED) is 0.161. The first-order valence-corrected chi connectivity index (χ1v) is 15.6. The lowest BCUT2D eigenvalue weighted by atomic mass is 9.90. The highest BCUT2D eigenvalue weighted by Gasteiger charge is 2.39. The van der Waals surface area contributed by atoms with E-state index >= 15 is 8.78 Å². The van der Waals surface area contributed by atoms with E-state index in [2.05, 4.69) is 0 Å². The van der Waals surface area contributed by atoms with Gasteiger partial charge in [-0.1, -0.05) is 54.6 Å². The summed E-state index contributed by atoms with van der Waals surface area (Å²) in [5.74, 6) is -6.24. The fourth-order valence-corrected chi connectivity index (χ4v) is 6.43. The molecular formula is C36H27F8N3O5. The number of carboxylic acid groups (broad SMARTS) is 1. The van der Waals surface area contributed by atoms with Crippen LogP contribution in [0.1, 0.15) is 21.5 Å². The van der Waals surface area contributed by atoms with E-state index in [-0.39, 0.29) is 46.0 Å². The summed E-state index contributed by atoms with van der Waals surface area (Å²) in [6.07, 6.45) is -10.2. The van der Waals surface area contributed by atoms with E-state index in [1.54, 1.807) is 0 Å². The van der Waals surface area contributed by atoms with Crippen LogP contribution in [-0.4, -0.2) is 59.6 Å². The molecule has 2 N–H and O–H groups in total. The van der Waals surface area contributed by atoms with E-state index in [4.69, 9.17) is 4.74 Å². The highest BCUT2D eigenvalue weighted by molar-refractivity contribution is 6.02. The van der Waals surface area contributed by atoms with Crippen LogP contribution in [0, 0.1) is 11.6 Å². The van der Waals surface area contributed by atoms with E-state index in [1.165, 1.54) is 67.7 Å². The van der Waals surface area contributed by atoms with Gasteiger partial charge in [-0.2, -0.15) is 26.3 Å². The van der Waals surface area contributed by atoms with Crippen molar-refractivity contribution in [2.45, 2.75) is 30.9 Å². The number of hydrogen-bond acceptors (Lipinski definition) is 5. The average Bonchev–Trinajstić information content (AvgIpc) is 3.03. The Morgan fingerprint density at radius 1 is 0.923 bits per heavy atom. The van der Waals surface area contributed by atoms with Crippen molar-refractivity contribution < 1.29 is 54.6 Å². The third kappa shape index (κ3) is 6.89. The summed E-state index contributed by atoms with van der Waals surface area (Å²) in [6, 6.07) is 12.4. The molecule has 5 aromatic rings. The van der Waals surface area contributed by atoms with Gasteiger partial charge in [0.2, 0.25) is 0 Å². The maximum absolute atomic E-state index is 15.2. The first-order chi connectivity index (χ1) is 24.5. The molecule has 4 aromatic carbocycles. The fraction of sp³-hybridized carbons (Fsp3) is 0.250. The Morgan fingerprint density at radius 3 is 2.13 bits per heavy atom. The van der Waals surface area contributed by atoms with E-state index in [0.29, 0.717) is 17.0 Å². The largest absolute Gasteiger partial charge is 0.480 e. The smallest absolute Gasteiger partial charge is 0.417 e. The molecule has 1 amide bonds. The molecule has 0 bridgehead atoms. The standard InChI is InChI=1S/C36H27F8N3O5/c1-46-28-11-3-2-7-24(28)31(36(42,43)44)29(33(46)49)23-10-5-8-21-18(6-4-9-22(21)23)12-27(34(50)51)45-32(48)30-25(37)13-19(14-26(30)38)47(17-35(39,40)41)20-15-52-16-20/h2-11,13-14,20,27H,12,15-17H2,1H3,(H,45,48)(H,50,51)/t27-/m0/s1. The number of aliphatic carboxylic acids is 1. The molecule has 1 aromatic heterocycles. The molecule has 1 saturated heterocycles. The van der Waals surface area contributed by atoms with Crippen LogP contribution in [0.15, 0.2) is 77.6 Å². The third-order valence-electron chi connectivity index (χ3n) is 8.89. The zero-order chi connectivity index (χ0) is 37.7. The number of aryl methyl sites for hydroxylation is 1. The molecule has 1 aliphatic heterocycles. The van der Waals surface area contributed by atoms with Crippen molar-refractivity contribution in [3.8, 4) is 11.1 Å². The number of hydrogen-bond donors (Lipinski definition) is 2. The number of amides is 1. The number of rotatable bonds is 9. The molecule has 16 heteroatoms. The molecule has 6 rings (SSSR count). The number of para-hydroxylation sites is 1. The number of anilines is 1. The molecule has 8 nitrogen and oxygen atoms in total. The number of carbonyl (C=O) groups excluding carboxylic acids is 1. The van der Waals surface area contributed by atoms with Gasteiger partial charge >= 0.3 is 18.3 Å². The van der Waals surface area contributed by atoms with Gasteiger partial charge in [0.1, 0.15) is 29.8 Å². The minimum atomic E-state index is -4.95. The Labute approximate surface area is 288 Å². The second-order valence-electron chi connectivity index (χ2n) is 12.2. The number of pyridine rings is 1. The lowest BCUT2D eigenvalue weighted by molar-refractivity contribution is -0.139. The Morgan fingerprint density at radius 2 is 1.54 bits per heavy atom. The minimum absolute atomic E-state index is 0.0543. The Kier molecular flexibility index (Phi) is 9.46. The number of carbonyl (C=O) groups is 2. The highest BCUT2D eigenvalue weighted by Crippen LogP contribution is 2.42. The van der Waals surface area contributed by atoms with Crippen molar-refractivity contribution >= 4 is 39.2 Å². The number of halogens is 8. The second-order valence-corrected chi connectivity index (χ2v) is 12.2. The average molecular weight is 734 g/mol. The first-order valence-electron chi connectivity index (χ1n) is 15.6. The number of aromatic nitrogens is 1. The van der Waals surface area contributed by atoms with Gasteiger partial charge in [-0.3, -0.25) is 9.59 Å².